The second-order valence-corrected chi connectivity index (χ2v) is 4.47. The van der Waals surface area contributed by atoms with Crippen molar-refractivity contribution in [1.29, 1.82) is 0 Å². The van der Waals surface area contributed by atoms with Crippen LogP contribution in [0.2, 0.25) is 0 Å². The summed E-state index contributed by atoms with van der Waals surface area (Å²) in [5, 5.41) is 0. The molecule has 0 spiro atoms. The van der Waals surface area contributed by atoms with Crippen molar-refractivity contribution in [1.82, 2.24) is 0 Å². The van der Waals surface area contributed by atoms with E-state index in [2.05, 4.69) is 0 Å². The SMILES string of the molecule is C/C=C(\OC)C12CCC(C=O)(C1)C2. The van der Waals surface area contributed by atoms with Crippen molar-refractivity contribution in [2.75, 3.05) is 7.11 Å². The van der Waals surface area contributed by atoms with Gasteiger partial charge in [0.25, 0.3) is 0 Å². The summed E-state index contributed by atoms with van der Waals surface area (Å²) >= 11 is 0. The number of carbonyl (C=O) groups excluding carboxylic acids is 1. The molecule has 3 fully saturated rings. The van der Waals surface area contributed by atoms with Crippen LogP contribution in [-0.2, 0) is 9.53 Å². The lowest BCUT2D eigenvalue weighted by molar-refractivity contribution is -0.122. The minimum Gasteiger partial charge on any atom is -0.501 e. The van der Waals surface area contributed by atoms with Gasteiger partial charge in [-0.1, -0.05) is 0 Å². The summed E-state index contributed by atoms with van der Waals surface area (Å²) in [4.78, 5) is 10.8. The number of fused-ring (bicyclic) bond motifs is 1. The maximum atomic E-state index is 10.8. The van der Waals surface area contributed by atoms with Gasteiger partial charge in [0, 0.05) is 10.8 Å². The number of rotatable bonds is 3. The van der Waals surface area contributed by atoms with Crippen molar-refractivity contribution >= 4 is 6.29 Å². The van der Waals surface area contributed by atoms with Gasteiger partial charge in [-0.05, 0) is 38.7 Å². The van der Waals surface area contributed by atoms with Crippen molar-refractivity contribution in [2.45, 2.75) is 32.6 Å². The van der Waals surface area contributed by atoms with E-state index in [9.17, 15) is 4.79 Å². The molecule has 3 aliphatic rings. The molecule has 72 valence electrons. The largest absolute Gasteiger partial charge is 0.501 e. The van der Waals surface area contributed by atoms with Gasteiger partial charge in [-0.25, -0.2) is 0 Å². The molecule has 0 unspecified atom stereocenters. The fourth-order valence-electron chi connectivity index (χ4n) is 3.22. The predicted octanol–water partition coefficient (Wildman–Crippen LogP) is 2.30. The van der Waals surface area contributed by atoms with E-state index < -0.39 is 0 Å². The molecule has 3 saturated carbocycles. The number of allylic oxidation sites excluding steroid dienone is 2. The lowest BCUT2D eigenvalue weighted by Crippen LogP contribution is -2.40. The van der Waals surface area contributed by atoms with Crippen molar-refractivity contribution in [3.63, 3.8) is 0 Å². The zero-order valence-electron chi connectivity index (χ0n) is 8.30. The highest BCUT2D eigenvalue weighted by Crippen LogP contribution is 2.68. The van der Waals surface area contributed by atoms with Gasteiger partial charge in [0.1, 0.15) is 6.29 Å². The average molecular weight is 180 g/mol. The molecule has 0 aliphatic heterocycles. The van der Waals surface area contributed by atoms with Gasteiger partial charge in [-0.15, -0.1) is 0 Å². The molecule has 2 nitrogen and oxygen atoms in total. The third-order valence-electron chi connectivity index (χ3n) is 3.74. The van der Waals surface area contributed by atoms with E-state index >= 15 is 0 Å². The van der Waals surface area contributed by atoms with E-state index in [1.54, 1.807) is 7.11 Å². The molecular formula is C11H16O2. The zero-order valence-corrected chi connectivity index (χ0v) is 8.30. The van der Waals surface area contributed by atoms with E-state index in [-0.39, 0.29) is 10.8 Å². The Morgan fingerprint density at radius 2 is 2.08 bits per heavy atom. The third-order valence-corrected chi connectivity index (χ3v) is 3.74. The Bertz CT molecular complexity index is 259. The summed E-state index contributed by atoms with van der Waals surface area (Å²) in [6, 6.07) is 0. The molecule has 0 aromatic heterocycles. The van der Waals surface area contributed by atoms with Crippen molar-refractivity contribution in [3.8, 4) is 0 Å². The highest BCUT2D eigenvalue weighted by Gasteiger charge is 2.62. The van der Waals surface area contributed by atoms with Crippen LogP contribution >= 0.6 is 0 Å². The number of methoxy groups -OCH3 is 1. The first-order chi connectivity index (χ1) is 6.20. The Balaban J connectivity index is 2.17. The van der Waals surface area contributed by atoms with E-state index in [0.717, 1.165) is 37.7 Å². The third kappa shape index (κ3) is 0.976. The monoisotopic (exact) mass is 180 g/mol. The van der Waals surface area contributed by atoms with Gasteiger partial charge in [0.05, 0.1) is 12.9 Å². The van der Waals surface area contributed by atoms with E-state index in [0.29, 0.717) is 0 Å². The smallest absolute Gasteiger partial charge is 0.126 e. The molecule has 0 heterocycles. The Labute approximate surface area is 79.0 Å². The average Bonchev–Trinajstić information content (AvgIpc) is 2.62. The topological polar surface area (TPSA) is 26.3 Å². The van der Waals surface area contributed by atoms with Crippen molar-refractivity contribution in [2.24, 2.45) is 10.8 Å². The molecule has 0 aromatic rings. The number of carbonyl (C=O) groups is 1. The Kier molecular flexibility index (Phi) is 1.76. The summed E-state index contributed by atoms with van der Waals surface area (Å²) in [5.74, 6) is 1.09. The second-order valence-electron chi connectivity index (χ2n) is 4.47. The van der Waals surface area contributed by atoms with Crippen molar-refractivity contribution < 1.29 is 9.53 Å². The van der Waals surface area contributed by atoms with Crippen LogP contribution < -0.4 is 0 Å². The molecule has 3 aliphatic carbocycles. The van der Waals surface area contributed by atoms with E-state index in [1.165, 1.54) is 0 Å². The fraction of sp³-hybridized carbons (Fsp3) is 0.727. The van der Waals surface area contributed by atoms with Crippen molar-refractivity contribution in [3.05, 3.63) is 11.8 Å². The number of hydrogen-bond acceptors (Lipinski definition) is 2. The minimum atomic E-state index is 0.0206. The Morgan fingerprint density at radius 3 is 2.46 bits per heavy atom. The van der Waals surface area contributed by atoms with Crippen LogP contribution in [0.25, 0.3) is 0 Å². The number of aldehydes is 1. The van der Waals surface area contributed by atoms with Crippen LogP contribution in [0.1, 0.15) is 32.6 Å². The van der Waals surface area contributed by atoms with Gasteiger partial charge in [-0.2, -0.15) is 0 Å². The summed E-state index contributed by atoms with van der Waals surface area (Å²) in [7, 11) is 1.73. The first kappa shape index (κ1) is 8.79. The summed E-state index contributed by atoms with van der Waals surface area (Å²) in [5.41, 5.74) is 0.247. The fourth-order valence-corrected chi connectivity index (χ4v) is 3.22. The summed E-state index contributed by atoms with van der Waals surface area (Å²) in [6.45, 7) is 2.01. The van der Waals surface area contributed by atoms with Crippen LogP contribution in [0.4, 0.5) is 0 Å². The number of ether oxygens (including phenoxy) is 1. The molecular weight excluding hydrogens is 164 g/mol. The zero-order chi connectivity index (χ0) is 9.53. The lowest BCUT2D eigenvalue weighted by atomic mass is 9.60. The molecule has 0 radical (unpaired) electrons. The minimum absolute atomic E-state index is 0.0206. The van der Waals surface area contributed by atoms with Crippen LogP contribution in [0.15, 0.2) is 11.8 Å². The van der Waals surface area contributed by atoms with Crippen LogP contribution in [0, 0.1) is 10.8 Å². The second kappa shape index (κ2) is 2.60. The van der Waals surface area contributed by atoms with Gasteiger partial charge < -0.3 is 9.53 Å². The molecule has 0 N–H and O–H groups in total. The molecule has 0 amide bonds. The van der Waals surface area contributed by atoms with Crippen LogP contribution in [0.3, 0.4) is 0 Å². The first-order valence-corrected chi connectivity index (χ1v) is 4.87. The highest BCUT2D eigenvalue weighted by molar-refractivity contribution is 5.64. The Hall–Kier alpha value is -0.790. The molecule has 0 atom stereocenters. The molecule has 0 aromatic carbocycles. The predicted molar refractivity (Wildman–Crippen MR) is 50.2 cm³/mol. The molecule has 2 heteroatoms. The normalized spacial score (nSPS) is 42.8. The standard InChI is InChI=1S/C11H16O2/c1-3-9(13-2)11-5-4-10(6-11,7-11)8-12/h3,8H,4-7H2,1-2H3/b9-3-. The Morgan fingerprint density at radius 1 is 1.38 bits per heavy atom. The van der Waals surface area contributed by atoms with Gasteiger partial charge in [-0.3, -0.25) is 0 Å². The maximum Gasteiger partial charge on any atom is 0.126 e. The number of hydrogen-bond donors (Lipinski definition) is 0. The maximum absolute atomic E-state index is 10.8. The van der Waals surface area contributed by atoms with E-state index in [4.69, 9.17) is 4.74 Å². The molecule has 0 saturated heterocycles. The highest BCUT2D eigenvalue weighted by atomic mass is 16.5. The van der Waals surface area contributed by atoms with Gasteiger partial charge in [0.15, 0.2) is 0 Å². The molecule has 13 heavy (non-hydrogen) atoms. The van der Waals surface area contributed by atoms with Crippen LogP contribution in [-0.4, -0.2) is 13.4 Å². The first-order valence-electron chi connectivity index (χ1n) is 4.87. The van der Waals surface area contributed by atoms with Gasteiger partial charge in [0.2, 0.25) is 0 Å². The van der Waals surface area contributed by atoms with E-state index in [1.807, 2.05) is 13.0 Å². The molecule has 2 bridgehead atoms. The van der Waals surface area contributed by atoms with Gasteiger partial charge >= 0.3 is 0 Å². The summed E-state index contributed by atoms with van der Waals surface area (Å²) in [6.07, 6.45) is 7.39. The molecule has 3 rings (SSSR count). The quantitative estimate of drug-likeness (QED) is 0.492. The van der Waals surface area contributed by atoms with Crippen LogP contribution in [0.5, 0.6) is 0 Å². The lowest BCUT2D eigenvalue weighted by Gasteiger charge is -2.44. The summed E-state index contributed by atoms with van der Waals surface area (Å²) < 4.78 is 5.36.